The van der Waals surface area contributed by atoms with Crippen molar-refractivity contribution in [1.82, 2.24) is 14.5 Å². The Morgan fingerprint density at radius 2 is 1.92 bits per heavy atom. The smallest absolute Gasteiger partial charge is 0.330 e. The quantitative estimate of drug-likeness (QED) is 0.812. The van der Waals surface area contributed by atoms with Crippen LogP contribution in [0.15, 0.2) is 15.8 Å². The Morgan fingerprint density at radius 1 is 1.31 bits per heavy atom. The van der Waals surface area contributed by atoms with E-state index < -0.39 is 19.6 Å². The van der Waals surface area contributed by atoms with E-state index in [0.29, 0.717) is 18.6 Å². The van der Waals surface area contributed by atoms with Gasteiger partial charge < -0.3 is 9.33 Å². The molecule has 0 aliphatic carbocycles. The minimum absolute atomic E-state index is 0.0641. The summed E-state index contributed by atoms with van der Waals surface area (Å²) in [5.74, 6) is -0.0907. The molecule has 0 radical (unpaired) electrons. The molecule has 1 N–H and O–H groups in total. The van der Waals surface area contributed by atoms with Crippen molar-refractivity contribution in [2.75, 3.05) is 6.61 Å². The van der Waals surface area contributed by atoms with Crippen molar-refractivity contribution in [3.8, 4) is 0 Å². The largest absolute Gasteiger partial charge is 0.415 e. The van der Waals surface area contributed by atoms with E-state index in [-0.39, 0.29) is 23.2 Å². The minimum atomic E-state index is -1.92. The molecule has 1 aromatic rings. The molecule has 1 aliphatic heterocycles. The summed E-state index contributed by atoms with van der Waals surface area (Å²) in [5, 5.41) is 0.0963. The van der Waals surface area contributed by atoms with Gasteiger partial charge in [0.2, 0.25) is 5.91 Å². The van der Waals surface area contributed by atoms with E-state index in [1.165, 1.54) is 11.5 Å². The van der Waals surface area contributed by atoms with Crippen LogP contribution in [0.2, 0.25) is 18.1 Å². The number of likely N-dealkylation sites (tertiary alicyclic amines) is 1. The van der Waals surface area contributed by atoms with Gasteiger partial charge in [-0.3, -0.25) is 19.1 Å². The first-order chi connectivity index (χ1) is 11.8. The highest BCUT2D eigenvalue weighted by Gasteiger charge is 2.41. The lowest BCUT2D eigenvalue weighted by Crippen LogP contribution is -2.47. The van der Waals surface area contributed by atoms with Gasteiger partial charge in [0.25, 0.3) is 5.56 Å². The predicted molar refractivity (Wildman–Crippen MR) is 104 cm³/mol. The zero-order chi connectivity index (χ0) is 19.9. The fourth-order valence-corrected chi connectivity index (χ4v) is 4.14. The van der Waals surface area contributed by atoms with Gasteiger partial charge in [0.05, 0.1) is 12.6 Å². The monoisotopic (exact) mass is 381 g/mol. The number of hydrogen-bond donors (Lipinski definition) is 1. The van der Waals surface area contributed by atoms with Crippen LogP contribution in [0.25, 0.3) is 0 Å². The summed E-state index contributed by atoms with van der Waals surface area (Å²) in [7, 11) is -1.92. The molecule has 2 heterocycles. The number of nitrogens with zero attached hydrogens (tertiary/aromatic N) is 2. The number of carbonyl (C=O) groups excluding carboxylic acids is 1. The molecule has 0 unspecified atom stereocenters. The minimum Gasteiger partial charge on any atom is -0.415 e. The first kappa shape index (κ1) is 20.6. The van der Waals surface area contributed by atoms with Gasteiger partial charge in [0.15, 0.2) is 8.32 Å². The highest BCUT2D eigenvalue weighted by molar-refractivity contribution is 6.74. The van der Waals surface area contributed by atoms with Crippen LogP contribution in [-0.2, 0) is 9.22 Å². The third-order valence-electron chi connectivity index (χ3n) is 5.75. The molecule has 146 valence electrons. The Bertz CT molecular complexity index is 791. The van der Waals surface area contributed by atoms with Gasteiger partial charge >= 0.3 is 5.69 Å². The van der Waals surface area contributed by atoms with Crippen molar-refractivity contribution in [2.24, 2.45) is 0 Å². The van der Waals surface area contributed by atoms with E-state index in [0.717, 1.165) is 6.42 Å². The molecule has 0 aromatic carbocycles. The molecule has 8 heteroatoms. The SMILES string of the molecule is CC(=O)N1[C@H](CO[Si](C)(C)C(C)(C)C)CC[C@H]1n1cc(C)c(=O)[nH]c1=O. The molecule has 1 aromatic heterocycles. The van der Waals surface area contributed by atoms with E-state index >= 15 is 0 Å². The molecule has 2 atom stereocenters. The van der Waals surface area contributed by atoms with E-state index in [1.807, 2.05) is 0 Å². The number of nitrogens with one attached hydrogen (secondary N) is 1. The molecule has 1 amide bonds. The van der Waals surface area contributed by atoms with Crippen LogP contribution in [0.1, 0.15) is 52.3 Å². The Kier molecular flexibility index (Phi) is 5.68. The Labute approximate surface area is 155 Å². The van der Waals surface area contributed by atoms with E-state index in [1.54, 1.807) is 18.0 Å². The van der Waals surface area contributed by atoms with Crippen molar-refractivity contribution in [1.29, 1.82) is 0 Å². The van der Waals surface area contributed by atoms with Crippen molar-refractivity contribution >= 4 is 14.2 Å². The molecule has 7 nitrogen and oxygen atoms in total. The molecular formula is C18H31N3O4Si. The second-order valence-corrected chi connectivity index (χ2v) is 13.5. The molecule has 1 saturated heterocycles. The number of aryl methyl sites for hydroxylation is 1. The maximum absolute atomic E-state index is 12.3. The van der Waals surface area contributed by atoms with Crippen LogP contribution >= 0.6 is 0 Å². The molecule has 0 spiro atoms. The highest BCUT2D eigenvalue weighted by atomic mass is 28.4. The second kappa shape index (κ2) is 7.15. The summed E-state index contributed by atoms with van der Waals surface area (Å²) in [5.41, 5.74) is -0.423. The van der Waals surface area contributed by atoms with Gasteiger partial charge in [0.1, 0.15) is 6.17 Å². The average Bonchev–Trinajstić information content (AvgIpc) is 2.91. The summed E-state index contributed by atoms with van der Waals surface area (Å²) in [6.07, 6.45) is 2.59. The second-order valence-electron chi connectivity index (χ2n) is 8.69. The number of rotatable bonds is 4. The zero-order valence-corrected chi connectivity index (χ0v) is 17.9. The van der Waals surface area contributed by atoms with Gasteiger partial charge in [-0.2, -0.15) is 0 Å². The average molecular weight is 382 g/mol. The van der Waals surface area contributed by atoms with Crippen molar-refractivity contribution < 1.29 is 9.22 Å². The molecule has 2 rings (SSSR count). The van der Waals surface area contributed by atoms with Crippen LogP contribution in [0, 0.1) is 6.92 Å². The number of hydrogen-bond acceptors (Lipinski definition) is 4. The maximum atomic E-state index is 12.3. The standard InChI is InChI=1S/C18H31N3O4Si/c1-12-10-20(17(24)19-16(12)23)15-9-8-14(21(15)13(2)22)11-25-26(6,7)18(3,4)5/h10,14-15H,8-9,11H2,1-7H3,(H,19,23,24)/t14-,15-/m0/s1. The van der Waals surface area contributed by atoms with Crippen LogP contribution < -0.4 is 11.2 Å². The number of amides is 1. The van der Waals surface area contributed by atoms with Crippen LogP contribution in [0.4, 0.5) is 0 Å². The molecule has 0 saturated carbocycles. The zero-order valence-electron chi connectivity index (χ0n) is 16.9. The number of H-pyrrole nitrogens is 1. The van der Waals surface area contributed by atoms with Crippen molar-refractivity contribution in [3.63, 3.8) is 0 Å². The summed E-state index contributed by atoms with van der Waals surface area (Å²) in [6, 6.07) is -0.0641. The lowest BCUT2D eigenvalue weighted by molar-refractivity contribution is -0.134. The van der Waals surface area contributed by atoms with Crippen molar-refractivity contribution in [2.45, 2.75) is 77.8 Å². The van der Waals surface area contributed by atoms with Crippen LogP contribution in [0.5, 0.6) is 0 Å². The summed E-state index contributed by atoms with van der Waals surface area (Å²) < 4.78 is 7.78. The first-order valence-electron chi connectivity index (χ1n) is 9.10. The van der Waals surface area contributed by atoms with Crippen LogP contribution in [0.3, 0.4) is 0 Å². The maximum Gasteiger partial charge on any atom is 0.330 e. The fourth-order valence-electron chi connectivity index (χ4n) is 3.10. The molecule has 1 aliphatic rings. The van der Waals surface area contributed by atoms with E-state index in [2.05, 4.69) is 38.8 Å². The van der Waals surface area contributed by atoms with Gasteiger partial charge in [-0.05, 0) is 37.9 Å². The summed E-state index contributed by atoms with van der Waals surface area (Å²) in [4.78, 5) is 40.2. The fraction of sp³-hybridized carbons (Fsp3) is 0.722. The van der Waals surface area contributed by atoms with Gasteiger partial charge in [-0.25, -0.2) is 4.79 Å². The first-order valence-corrected chi connectivity index (χ1v) is 12.0. The van der Waals surface area contributed by atoms with E-state index in [9.17, 15) is 14.4 Å². The number of aromatic nitrogens is 2. The summed E-state index contributed by atoms with van der Waals surface area (Å²) in [6.45, 7) is 14.6. The Hall–Kier alpha value is -1.67. The lowest BCUT2D eigenvalue weighted by atomic mass is 10.2. The summed E-state index contributed by atoms with van der Waals surface area (Å²) >= 11 is 0. The van der Waals surface area contributed by atoms with Crippen molar-refractivity contribution in [3.05, 3.63) is 32.6 Å². The molecule has 1 fully saturated rings. The van der Waals surface area contributed by atoms with E-state index in [4.69, 9.17) is 4.43 Å². The predicted octanol–water partition coefficient (Wildman–Crippen LogP) is 2.38. The Balaban J connectivity index is 2.26. The normalized spacial score (nSPS) is 21.3. The van der Waals surface area contributed by atoms with Crippen LogP contribution in [-0.4, -0.2) is 41.3 Å². The highest BCUT2D eigenvalue weighted by Crippen LogP contribution is 2.38. The van der Waals surface area contributed by atoms with Gasteiger partial charge in [-0.1, -0.05) is 20.8 Å². The molecular weight excluding hydrogens is 350 g/mol. The molecule has 26 heavy (non-hydrogen) atoms. The molecule has 0 bridgehead atoms. The van der Waals surface area contributed by atoms with Gasteiger partial charge in [0, 0.05) is 18.7 Å². The van der Waals surface area contributed by atoms with Gasteiger partial charge in [-0.15, -0.1) is 0 Å². The third-order valence-corrected chi connectivity index (χ3v) is 10.2. The lowest BCUT2D eigenvalue weighted by Gasteiger charge is -2.38. The third kappa shape index (κ3) is 4.01. The number of carbonyl (C=O) groups is 1. The number of aromatic amines is 1. The Morgan fingerprint density at radius 3 is 2.46 bits per heavy atom. The topological polar surface area (TPSA) is 84.4 Å².